The first-order valence-electron chi connectivity index (χ1n) is 6.43. The molecule has 0 fully saturated rings. The van der Waals surface area contributed by atoms with E-state index < -0.39 is 0 Å². The van der Waals surface area contributed by atoms with Crippen molar-refractivity contribution in [2.45, 2.75) is 6.92 Å². The molecule has 0 amide bonds. The highest BCUT2D eigenvalue weighted by Crippen LogP contribution is 2.26. The first kappa shape index (κ1) is 14.5. The minimum atomic E-state index is 0.827. The molecule has 1 nitrogen and oxygen atoms in total. The largest absolute Gasteiger partial charge is 0.241 e. The van der Waals surface area contributed by atoms with Crippen molar-refractivity contribution in [3.8, 4) is 11.3 Å². The van der Waals surface area contributed by atoms with Crippen LogP contribution in [-0.2, 0) is 0 Å². The Kier molecular flexibility index (Phi) is 5.08. The number of hydrogen-bond acceptors (Lipinski definition) is 1. The maximum Gasteiger partial charge on any atom is 0.107 e. The van der Waals surface area contributed by atoms with Gasteiger partial charge < -0.3 is 0 Å². The molecule has 0 bridgehead atoms. The first-order chi connectivity index (χ1) is 9.74. The van der Waals surface area contributed by atoms with Crippen molar-refractivity contribution >= 4 is 21.5 Å². The third-order valence-corrected chi connectivity index (χ3v) is 3.25. The van der Waals surface area contributed by atoms with Gasteiger partial charge in [0.05, 0.1) is 5.69 Å². The monoisotopic (exact) mass is 325 g/mol. The highest BCUT2D eigenvalue weighted by Gasteiger charge is 2.05. The zero-order valence-corrected chi connectivity index (χ0v) is 13.0. The van der Waals surface area contributed by atoms with E-state index in [4.69, 9.17) is 0 Å². The molecule has 1 aromatic heterocycles. The molecule has 0 atom stereocenters. The molecule has 0 aliphatic heterocycles. The molecule has 0 aliphatic rings. The van der Waals surface area contributed by atoms with E-state index >= 15 is 0 Å². The van der Waals surface area contributed by atoms with E-state index in [0.717, 1.165) is 27.0 Å². The van der Waals surface area contributed by atoms with Gasteiger partial charge in [0.25, 0.3) is 0 Å². The molecule has 20 heavy (non-hydrogen) atoms. The van der Waals surface area contributed by atoms with E-state index in [9.17, 15) is 0 Å². The minimum Gasteiger partial charge on any atom is -0.241 e. The van der Waals surface area contributed by atoms with Crippen molar-refractivity contribution in [2.75, 3.05) is 0 Å². The zero-order valence-electron chi connectivity index (χ0n) is 11.4. The smallest absolute Gasteiger partial charge is 0.107 e. The predicted molar refractivity (Wildman–Crippen MR) is 90.4 cm³/mol. The van der Waals surface area contributed by atoms with Crippen LogP contribution in [0.25, 0.3) is 16.8 Å². The highest BCUT2D eigenvalue weighted by atomic mass is 79.9. The van der Waals surface area contributed by atoms with Gasteiger partial charge in [-0.2, -0.15) is 0 Å². The molecular weight excluding hydrogens is 310 g/mol. The second-order valence-corrected chi connectivity index (χ2v) is 5.10. The van der Waals surface area contributed by atoms with Crippen molar-refractivity contribution in [3.05, 3.63) is 83.5 Å². The van der Waals surface area contributed by atoms with Gasteiger partial charge in [-0.05, 0) is 46.1 Å². The lowest BCUT2D eigenvalue weighted by Crippen LogP contribution is -1.89. The van der Waals surface area contributed by atoms with Gasteiger partial charge in [-0.3, -0.25) is 0 Å². The molecular formula is C18H16BrN. The summed E-state index contributed by atoms with van der Waals surface area (Å²) in [6, 6.07) is 14.3. The minimum absolute atomic E-state index is 0.827. The number of nitrogens with zero attached hydrogens (tertiary/aromatic N) is 1. The van der Waals surface area contributed by atoms with Gasteiger partial charge in [-0.1, -0.05) is 61.2 Å². The topological polar surface area (TPSA) is 12.9 Å². The summed E-state index contributed by atoms with van der Waals surface area (Å²) < 4.78 is 0.827. The maximum atomic E-state index is 4.55. The van der Waals surface area contributed by atoms with Gasteiger partial charge in [-0.15, -0.1) is 0 Å². The van der Waals surface area contributed by atoms with E-state index in [-0.39, 0.29) is 0 Å². The van der Waals surface area contributed by atoms with Gasteiger partial charge in [0.15, 0.2) is 0 Å². The second-order valence-electron chi connectivity index (χ2n) is 4.29. The van der Waals surface area contributed by atoms with E-state index in [1.54, 1.807) is 6.08 Å². The molecule has 0 unspecified atom stereocenters. The molecule has 0 saturated carbocycles. The van der Waals surface area contributed by atoms with Crippen LogP contribution < -0.4 is 0 Å². The number of halogens is 1. The molecule has 1 aromatic carbocycles. The number of rotatable bonds is 4. The highest BCUT2D eigenvalue weighted by molar-refractivity contribution is 9.10. The van der Waals surface area contributed by atoms with Gasteiger partial charge in [-0.25, -0.2) is 4.98 Å². The molecule has 2 aromatic rings. The van der Waals surface area contributed by atoms with Gasteiger partial charge in [0, 0.05) is 5.56 Å². The van der Waals surface area contributed by atoms with Crippen molar-refractivity contribution in [1.29, 1.82) is 0 Å². The van der Waals surface area contributed by atoms with Crippen molar-refractivity contribution in [1.82, 2.24) is 4.98 Å². The number of benzene rings is 1. The Bertz CT molecular complexity index is 654. The van der Waals surface area contributed by atoms with E-state index in [0.29, 0.717) is 0 Å². The quantitative estimate of drug-likeness (QED) is 0.522. The van der Waals surface area contributed by atoms with Crippen LogP contribution >= 0.6 is 15.9 Å². The third kappa shape index (κ3) is 3.55. The number of aromatic nitrogens is 1. The number of allylic oxidation sites excluding steroid dienone is 5. The Balaban J connectivity index is 2.54. The Labute approximate surface area is 128 Å². The predicted octanol–water partition coefficient (Wildman–Crippen LogP) is 5.66. The Morgan fingerprint density at radius 2 is 1.95 bits per heavy atom. The molecule has 2 heteroatoms. The molecule has 0 aliphatic carbocycles. The van der Waals surface area contributed by atoms with Crippen LogP contribution in [0.1, 0.15) is 12.5 Å². The Morgan fingerprint density at radius 3 is 2.60 bits per heavy atom. The van der Waals surface area contributed by atoms with E-state index in [1.807, 2.05) is 43.3 Å². The summed E-state index contributed by atoms with van der Waals surface area (Å²) in [5.74, 6) is 0. The van der Waals surface area contributed by atoms with Crippen molar-refractivity contribution in [3.63, 3.8) is 0 Å². The van der Waals surface area contributed by atoms with Crippen LogP contribution in [0.3, 0.4) is 0 Å². The van der Waals surface area contributed by atoms with Gasteiger partial charge in [0.2, 0.25) is 0 Å². The van der Waals surface area contributed by atoms with Gasteiger partial charge >= 0.3 is 0 Å². The standard InChI is InChI=1S/C18H16BrN/c1-3-8-14(9-4-2)16-12-17(20-18(19)13-16)15-10-6-5-7-11-15/h3-13H,1H2,2H3/b9-4-,14-8+. The Hall–Kier alpha value is -1.93. The van der Waals surface area contributed by atoms with Gasteiger partial charge in [0.1, 0.15) is 4.60 Å². The van der Waals surface area contributed by atoms with E-state index in [1.165, 1.54) is 0 Å². The lowest BCUT2D eigenvalue weighted by atomic mass is 10.0. The molecule has 100 valence electrons. The second kappa shape index (κ2) is 7.01. The van der Waals surface area contributed by atoms with Crippen LogP contribution in [0.5, 0.6) is 0 Å². The summed E-state index contributed by atoms with van der Waals surface area (Å²) in [5.41, 5.74) is 4.29. The van der Waals surface area contributed by atoms with E-state index in [2.05, 4.69) is 51.8 Å². The summed E-state index contributed by atoms with van der Waals surface area (Å²) in [7, 11) is 0. The first-order valence-corrected chi connectivity index (χ1v) is 7.22. The lowest BCUT2D eigenvalue weighted by molar-refractivity contribution is 1.27. The summed E-state index contributed by atoms with van der Waals surface area (Å²) in [6.45, 7) is 5.78. The van der Waals surface area contributed by atoms with Crippen LogP contribution in [0.15, 0.2) is 78.0 Å². The van der Waals surface area contributed by atoms with Crippen LogP contribution in [0.2, 0.25) is 0 Å². The maximum absolute atomic E-state index is 4.55. The zero-order chi connectivity index (χ0) is 14.4. The summed E-state index contributed by atoms with van der Waals surface area (Å²) in [5, 5.41) is 0. The molecule has 0 spiro atoms. The molecule has 2 rings (SSSR count). The number of hydrogen-bond donors (Lipinski definition) is 0. The molecule has 1 heterocycles. The van der Waals surface area contributed by atoms with Crippen LogP contribution in [-0.4, -0.2) is 4.98 Å². The summed E-state index contributed by atoms with van der Waals surface area (Å²) >= 11 is 3.49. The summed E-state index contributed by atoms with van der Waals surface area (Å²) in [6.07, 6.45) is 7.88. The fraction of sp³-hybridized carbons (Fsp3) is 0.0556. The average molecular weight is 326 g/mol. The molecule has 0 radical (unpaired) electrons. The molecule has 0 saturated heterocycles. The van der Waals surface area contributed by atoms with Crippen molar-refractivity contribution < 1.29 is 0 Å². The average Bonchev–Trinajstić information content (AvgIpc) is 2.47. The number of pyridine rings is 1. The fourth-order valence-electron chi connectivity index (χ4n) is 1.97. The normalized spacial score (nSPS) is 11.8. The summed E-state index contributed by atoms with van der Waals surface area (Å²) in [4.78, 5) is 4.55. The fourth-order valence-corrected chi connectivity index (χ4v) is 2.41. The van der Waals surface area contributed by atoms with Crippen molar-refractivity contribution in [2.24, 2.45) is 0 Å². The SMILES string of the molecule is C=C/C=C(\C=C/C)c1cc(Br)nc(-c2ccccc2)c1. The lowest BCUT2D eigenvalue weighted by Gasteiger charge is -2.07. The molecule has 0 N–H and O–H groups in total. The van der Waals surface area contributed by atoms with Crippen LogP contribution in [0.4, 0.5) is 0 Å². The van der Waals surface area contributed by atoms with Crippen LogP contribution in [0, 0.1) is 0 Å². The Morgan fingerprint density at radius 1 is 1.20 bits per heavy atom. The third-order valence-electron chi connectivity index (χ3n) is 2.84.